The fraction of sp³-hybridized carbons (Fsp3) is 0.333. The first-order valence-corrected chi connectivity index (χ1v) is 6.09. The highest BCUT2D eigenvalue weighted by molar-refractivity contribution is 5.87. The van der Waals surface area contributed by atoms with Crippen LogP contribution in [-0.2, 0) is 6.42 Å². The lowest BCUT2D eigenvalue weighted by Crippen LogP contribution is -2.36. The molecule has 2 aromatic carbocycles. The Morgan fingerprint density at radius 3 is 2.76 bits per heavy atom. The van der Waals surface area contributed by atoms with E-state index in [1.807, 2.05) is 0 Å². The highest BCUT2D eigenvalue weighted by Crippen LogP contribution is 2.34. The van der Waals surface area contributed by atoms with Gasteiger partial charge in [-0.2, -0.15) is 0 Å². The van der Waals surface area contributed by atoms with Gasteiger partial charge < -0.3 is 4.74 Å². The van der Waals surface area contributed by atoms with Crippen LogP contribution in [0.15, 0.2) is 36.4 Å². The molecule has 1 aliphatic heterocycles. The number of ether oxygens (including phenoxy) is 1. The largest absolute Gasteiger partial charge is 0.475 e. The minimum atomic E-state index is 0.212. The van der Waals surface area contributed by atoms with Crippen LogP contribution in [0.4, 0.5) is 0 Å². The van der Waals surface area contributed by atoms with Crippen LogP contribution >= 0.6 is 0 Å². The van der Waals surface area contributed by atoms with E-state index in [1.165, 1.54) is 16.3 Å². The molecule has 2 heteroatoms. The third-order valence-corrected chi connectivity index (χ3v) is 3.48. The van der Waals surface area contributed by atoms with Crippen molar-refractivity contribution in [3.63, 3.8) is 0 Å². The molecular weight excluding hydrogens is 210 g/mol. The van der Waals surface area contributed by atoms with E-state index in [1.54, 1.807) is 0 Å². The Morgan fingerprint density at radius 2 is 1.94 bits per heavy atom. The van der Waals surface area contributed by atoms with Crippen molar-refractivity contribution in [2.24, 2.45) is 0 Å². The van der Waals surface area contributed by atoms with Crippen LogP contribution in [0.2, 0.25) is 0 Å². The van der Waals surface area contributed by atoms with Crippen molar-refractivity contribution >= 4 is 10.8 Å². The summed E-state index contributed by atoms with van der Waals surface area (Å²) in [6, 6.07) is 12.8. The SMILES string of the molecule is CN(C)C1CCc2c(ccc3ccccc23)O1. The van der Waals surface area contributed by atoms with Gasteiger partial charge in [-0.25, -0.2) is 0 Å². The summed E-state index contributed by atoms with van der Waals surface area (Å²) in [5.74, 6) is 1.05. The van der Waals surface area contributed by atoms with Gasteiger partial charge in [0.2, 0.25) is 0 Å². The summed E-state index contributed by atoms with van der Waals surface area (Å²) in [5.41, 5.74) is 1.36. The van der Waals surface area contributed by atoms with Crippen molar-refractivity contribution in [1.82, 2.24) is 4.90 Å². The lowest BCUT2D eigenvalue weighted by Gasteiger charge is -2.31. The highest BCUT2D eigenvalue weighted by Gasteiger charge is 2.22. The summed E-state index contributed by atoms with van der Waals surface area (Å²) >= 11 is 0. The molecule has 0 spiro atoms. The first-order chi connectivity index (χ1) is 8.25. The summed E-state index contributed by atoms with van der Waals surface area (Å²) in [4.78, 5) is 2.14. The van der Waals surface area contributed by atoms with Crippen LogP contribution in [0.5, 0.6) is 5.75 Å². The average molecular weight is 227 g/mol. The topological polar surface area (TPSA) is 12.5 Å². The first kappa shape index (κ1) is 10.6. The van der Waals surface area contributed by atoms with E-state index < -0.39 is 0 Å². The fourth-order valence-electron chi connectivity index (χ4n) is 2.52. The molecule has 1 heterocycles. The zero-order valence-corrected chi connectivity index (χ0v) is 10.3. The maximum absolute atomic E-state index is 6.03. The van der Waals surface area contributed by atoms with E-state index in [9.17, 15) is 0 Å². The van der Waals surface area contributed by atoms with E-state index in [0.29, 0.717) is 0 Å². The van der Waals surface area contributed by atoms with Crippen molar-refractivity contribution in [3.8, 4) is 5.75 Å². The molecule has 0 radical (unpaired) electrons. The van der Waals surface area contributed by atoms with Crippen LogP contribution < -0.4 is 4.74 Å². The number of nitrogens with zero attached hydrogens (tertiary/aromatic N) is 1. The Kier molecular flexibility index (Phi) is 2.52. The monoisotopic (exact) mass is 227 g/mol. The predicted molar refractivity (Wildman–Crippen MR) is 70.4 cm³/mol. The normalized spacial score (nSPS) is 19.1. The van der Waals surface area contributed by atoms with E-state index in [4.69, 9.17) is 4.74 Å². The molecule has 88 valence electrons. The summed E-state index contributed by atoms with van der Waals surface area (Å²) in [5, 5.41) is 2.64. The third-order valence-electron chi connectivity index (χ3n) is 3.48. The van der Waals surface area contributed by atoms with Crippen LogP contribution in [-0.4, -0.2) is 25.2 Å². The van der Waals surface area contributed by atoms with Crippen LogP contribution in [0.3, 0.4) is 0 Å². The van der Waals surface area contributed by atoms with Gasteiger partial charge in [-0.3, -0.25) is 4.90 Å². The maximum atomic E-state index is 6.03. The van der Waals surface area contributed by atoms with Crippen molar-refractivity contribution in [3.05, 3.63) is 42.0 Å². The van der Waals surface area contributed by atoms with Gasteiger partial charge in [0.1, 0.15) is 5.75 Å². The van der Waals surface area contributed by atoms with Gasteiger partial charge in [-0.05, 0) is 37.4 Å². The molecule has 2 nitrogen and oxygen atoms in total. The zero-order valence-electron chi connectivity index (χ0n) is 10.3. The summed E-state index contributed by atoms with van der Waals surface area (Å²) in [6.45, 7) is 0. The zero-order chi connectivity index (χ0) is 11.8. The molecule has 0 saturated heterocycles. The molecule has 1 atom stereocenters. The molecule has 17 heavy (non-hydrogen) atoms. The van der Waals surface area contributed by atoms with Crippen molar-refractivity contribution in [2.75, 3.05) is 14.1 Å². The number of hydrogen-bond donors (Lipinski definition) is 0. The third kappa shape index (κ3) is 1.79. The molecule has 0 aromatic heterocycles. The maximum Gasteiger partial charge on any atom is 0.152 e. The predicted octanol–water partition coefficient (Wildman–Crippen LogP) is 3.05. The Morgan fingerprint density at radius 1 is 1.12 bits per heavy atom. The number of benzene rings is 2. The molecule has 0 bridgehead atoms. The first-order valence-electron chi connectivity index (χ1n) is 6.09. The van der Waals surface area contributed by atoms with Gasteiger partial charge in [-0.15, -0.1) is 0 Å². The minimum absolute atomic E-state index is 0.212. The second kappa shape index (κ2) is 4.04. The molecule has 0 aliphatic carbocycles. The molecular formula is C15H17NO. The standard InChI is InChI=1S/C15H17NO/c1-16(2)15-10-8-13-12-6-4-3-5-11(12)7-9-14(13)17-15/h3-7,9,15H,8,10H2,1-2H3. The van der Waals surface area contributed by atoms with Crippen molar-refractivity contribution < 1.29 is 4.74 Å². The number of fused-ring (bicyclic) bond motifs is 3. The second-order valence-electron chi connectivity index (χ2n) is 4.84. The van der Waals surface area contributed by atoms with Crippen molar-refractivity contribution in [2.45, 2.75) is 19.1 Å². The Bertz CT molecular complexity index is 548. The van der Waals surface area contributed by atoms with E-state index >= 15 is 0 Å². The molecule has 2 aromatic rings. The number of rotatable bonds is 1. The molecule has 3 rings (SSSR count). The molecule has 1 aliphatic rings. The second-order valence-corrected chi connectivity index (χ2v) is 4.84. The van der Waals surface area contributed by atoms with Crippen LogP contribution in [0, 0.1) is 0 Å². The summed E-state index contributed by atoms with van der Waals surface area (Å²) < 4.78 is 6.03. The quantitative estimate of drug-likeness (QED) is 0.742. The van der Waals surface area contributed by atoms with Crippen LogP contribution in [0.25, 0.3) is 10.8 Å². The van der Waals surface area contributed by atoms with Gasteiger partial charge in [0.15, 0.2) is 6.23 Å². The Hall–Kier alpha value is -1.54. The number of hydrogen-bond acceptors (Lipinski definition) is 2. The minimum Gasteiger partial charge on any atom is -0.475 e. The lowest BCUT2D eigenvalue weighted by atomic mass is 9.97. The van der Waals surface area contributed by atoms with Crippen molar-refractivity contribution in [1.29, 1.82) is 0 Å². The van der Waals surface area contributed by atoms with Gasteiger partial charge in [0.25, 0.3) is 0 Å². The smallest absolute Gasteiger partial charge is 0.152 e. The summed E-state index contributed by atoms with van der Waals surface area (Å²) in [6.07, 6.45) is 2.37. The Balaban J connectivity index is 2.08. The Labute approximate surface area is 102 Å². The molecule has 0 fully saturated rings. The van der Waals surface area contributed by atoms with E-state index in [0.717, 1.165) is 18.6 Å². The average Bonchev–Trinajstić information content (AvgIpc) is 2.38. The highest BCUT2D eigenvalue weighted by atomic mass is 16.5. The molecule has 0 amide bonds. The molecule has 0 saturated carbocycles. The summed E-state index contributed by atoms with van der Waals surface area (Å²) in [7, 11) is 4.13. The van der Waals surface area contributed by atoms with E-state index in [2.05, 4.69) is 55.4 Å². The van der Waals surface area contributed by atoms with Crippen LogP contribution in [0.1, 0.15) is 12.0 Å². The van der Waals surface area contributed by atoms with Gasteiger partial charge in [0, 0.05) is 12.0 Å². The number of aryl methyl sites for hydroxylation is 1. The van der Waals surface area contributed by atoms with Gasteiger partial charge in [0.05, 0.1) is 0 Å². The van der Waals surface area contributed by atoms with E-state index in [-0.39, 0.29) is 6.23 Å². The molecule has 1 unspecified atom stereocenters. The lowest BCUT2D eigenvalue weighted by molar-refractivity contribution is 0.0463. The van der Waals surface area contributed by atoms with Gasteiger partial charge in [-0.1, -0.05) is 30.3 Å². The molecule has 0 N–H and O–H groups in total. The fourth-order valence-corrected chi connectivity index (χ4v) is 2.52. The van der Waals surface area contributed by atoms with Gasteiger partial charge >= 0.3 is 0 Å².